The van der Waals surface area contributed by atoms with E-state index in [1.54, 1.807) is 14.1 Å². The van der Waals surface area contributed by atoms with Gasteiger partial charge in [0.25, 0.3) is 0 Å². The van der Waals surface area contributed by atoms with E-state index in [0.717, 1.165) is 6.07 Å². The first-order valence-corrected chi connectivity index (χ1v) is 4.96. The van der Waals surface area contributed by atoms with E-state index < -0.39 is 17.5 Å². The second-order valence-electron chi connectivity index (χ2n) is 3.75. The summed E-state index contributed by atoms with van der Waals surface area (Å²) in [7, 11) is 3.17. The SMILES string of the molecule is CN(C)C(=O)CNCc1cc(F)c(F)cc1F. The van der Waals surface area contributed by atoms with Crippen molar-refractivity contribution in [3.05, 3.63) is 35.1 Å². The van der Waals surface area contributed by atoms with Gasteiger partial charge >= 0.3 is 0 Å². The number of rotatable bonds is 4. The van der Waals surface area contributed by atoms with E-state index in [-0.39, 0.29) is 24.6 Å². The summed E-state index contributed by atoms with van der Waals surface area (Å²) >= 11 is 0. The average Bonchev–Trinajstić information content (AvgIpc) is 2.25. The Morgan fingerprint density at radius 3 is 2.35 bits per heavy atom. The summed E-state index contributed by atoms with van der Waals surface area (Å²) in [6.07, 6.45) is 0. The summed E-state index contributed by atoms with van der Waals surface area (Å²) in [5.74, 6) is -3.36. The van der Waals surface area contributed by atoms with E-state index in [4.69, 9.17) is 0 Å². The molecule has 94 valence electrons. The molecule has 1 aromatic carbocycles. The standard InChI is InChI=1S/C11H13F3N2O/c1-16(2)11(17)6-15-5-7-3-9(13)10(14)4-8(7)12/h3-4,15H,5-6H2,1-2H3. The molecule has 1 rings (SSSR count). The lowest BCUT2D eigenvalue weighted by molar-refractivity contribution is -0.127. The lowest BCUT2D eigenvalue weighted by Gasteiger charge is -2.11. The number of amides is 1. The largest absolute Gasteiger partial charge is 0.348 e. The molecule has 0 radical (unpaired) electrons. The summed E-state index contributed by atoms with van der Waals surface area (Å²) in [6, 6.07) is 1.26. The van der Waals surface area contributed by atoms with Crippen molar-refractivity contribution in [2.75, 3.05) is 20.6 Å². The van der Waals surface area contributed by atoms with Gasteiger partial charge in [-0.15, -0.1) is 0 Å². The molecule has 0 bridgehead atoms. The van der Waals surface area contributed by atoms with Crippen LogP contribution >= 0.6 is 0 Å². The van der Waals surface area contributed by atoms with Crippen molar-refractivity contribution >= 4 is 5.91 Å². The van der Waals surface area contributed by atoms with Crippen LogP contribution in [0.3, 0.4) is 0 Å². The van der Waals surface area contributed by atoms with Gasteiger partial charge in [-0.2, -0.15) is 0 Å². The maximum atomic E-state index is 13.2. The number of nitrogens with one attached hydrogen (secondary N) is 1. The number of carbonyl (C=O) groups excluding carboxylic acids is 1. The predicted octanol–water partition coefficient (Wildman–Crippen LogP) is 1.28. The topological polar surface area (TPSA) is 32.3 Å². The van der Waals surface area contributed by atoms with E-state index in [9.17, 15) is 18.0 Å². The number of benzene rings is 1. The summed E-state index contributed by atoms with van der Waals surface area (Å²) in [4.78, 5) is 12.5. The minimum atomic E-state index is -1.23. The highest BCUT2D eigenvalue weighted by molar-refractivity contribution is 5.77. The molecule has 17 heavy (non-hydrogen) atoms. The van der Waals surface area contributed by atoms with Gasteiger partial charge < -0.3 is 10.2 Å². The molecular formula is C11H13F3N2O. The molecule has 0 aliphatic heterocycles. The van der Waals surface area contributed by atoms with Crippen LogP contribution in [0.25, 0.3) is 0 Å². The van der Waals surface area contributed by atoms with Crippen LogP contribution in [0.15, 0.2) is 12.1 Å². The molecule has 0 aliphatic rings. The molecule has 0 aromatic heterocycles. The van der Waals surface area contributed by atoms with E-state index in [1.165, 1.54) is 4.90 Å². The van der Waals surface area contributed by atoms with Crippen LogP contribution in [0.5, 0.6) is 0 Å². The Labute approximate surface area is 97.2 Å². The molecule has 1 amide bonds. The van der Waals surface area contributed by atoms with Crippen molar-refractivity contribution in [3.63, 3.8) is 0 Å². The highest BCUT2D eigenvalue weighted by Crippen LogP contribution is 2.13. The minimum Gasteiger partial charge on any atom is -0.348 e. The molecule has 0 fully saturated rings. The fourth-order valence-electron chi connectivity index (χ4n) is 1.16. The molecule has 3 nitrogen and oxygen atoms in total. The second-order valence-corrected chi connectivity index (χ2v) is 3.75. The third kappa shape index (κ3) is 3.74. The number of hydrogen-bond donors (Lipinski definition) is 1. The first kappa shape index (κ1) is 13.5. The van der Waals surface area contributed by atoms with Gasteiger partial charge in [0.15, 0.2) is 11.6 Å². The van der Waals surface area contributed by atoms with Gasteiger partial charge in [-0.25, -0.2) is 13.2 Å². The minimum absolute atomic E-state index is 0.00539. The number of nitrogens with zero attached hydrogens (tertiary/aromatic N) is 1. The molecule has 0 unspecified atom stereocenters. The van der Waals surface area contributed by atoms with Crippen LogP contribution in [-0.2, 0) is 11.3 Å². The van der Waals surface area contributed by atoms with E-state index >= 15 is 0 Å². The highest BCUT2D eigenvalue weighted by Gasteiger charge is 2.10. The van der Waals surface area contributed by atoms with Crippen molar-refractivity contribution in [2.24, 2.45) is 0 Å². The van der Waals surface area contributed by atoms with Crippen molar-refractivity contribution in [3.8, 4) is 0 Å². The van der Waals surface area contributed by atoms with Gasteiger partial charge in [0.2, 0.25) is 5.91 Å². The maximum absolute atomic E-state index is 13.2. The number of carbonyl (C=O) groups is 1. The van der Waals surface area contributed by atoms with Crippen LogP contribution in [0.1, 0.15) is 5.56 Å². The zero-order chi connectivity index (χ0) is 13.0. The zero-order valence-corrected chi connectivity index (χ0v) is 9.56. The van der Waals surface area contributed by atoms with E-state index in [2.05, 4.69) is 5.32 Å². The number of halogens is 3. The van der Waals surface area contributed by atoms with Crippen LogP contribution in [0, 0.1) is 17.5 Å². The van der Waals surface area contributed by atoms with Crippen molar-refractivity contribution in [1.82, 2.24) is 10.2 Å². The Bertz CT molecular complexity index is 421. The number of hydrogen-bond acceptors (Lipinski definition) is 2. The lowest BCUT2D eigenvalue weighted by atomic mass is 10.2. The summed E-state index contributed by atoms with van der Waals surface area (Å²) in [5.41, 5.74) is -0.0181. The normalized spacial score (nSPS) is 10.4. The first-order chi connectivity index (χ1) is 7.91. The van der Waals surface area contributed by atoms with Gasteiger partial charge in [-0.1, -0.05) is 0 Å². The molecule has 1 aromatic rings. The molecule has 0 saturated carbocycles. The van der Waals surface area contributed by atoms with Gasteiger partial charge in [0, 0.05) is 32.3 Å². The molecule has 0 heterocycles. The Balaban J connectivity index is 2.58. The van der Waals surface area contributed by atoms with Gasteiger partial charge in [0.05, 0.1) is 6.54 Å². The third-order valence-electron chi connectivity index (χ3n) is 2.18. The molecule has 0 saturated heterocycles. The van der Waals surface area contributed by atoms with Crippen molar-refractivity contribution in [1.29, 1.82) is 0 Å². The van der Waals surface area contributed by atoms with Gasteiger partial charge in [0.1, 0.15) is 5.82 Å². The van der Waals surface area contributed by atoms with Crippen LogP contribution < -0.4 is 5.32 Å². The van der Waals surface area contributed by atoms with E-state index in [1.807, 2.05) is 0 Å². The molecule has 0 atom stereocenters. The fraction of sp³-hybridized carbons (Fsp3) is 0.364. The van der Waals surface area contributed by atoms with Crippen molar-refractivity contribution in [2.45, 2.75) is 6.54 Å². The Hall–Kier alpha value is -1.56. The Kier molecular flexibility index (Phi) is 4.51. The van der Waals surface area contributed by atoms with Crippen LogP contribution in [-0.4, -0.2) is 31.4 Å². The summed E-state index contributed by atoms with van der Waals surface area (Å²) in [5, 5.41) is 2.65. The lowest BCUT2D eigenvalue weighted by Crippen LogP contribution is -2.32. The Morgan fingerprint density at radius 2 is 1.76 bits per heavy atom. The van der Waals surface area contributed by atoms with Crippen molar-refractivity contribution < 1.29 is 18.0 Å². The van der Waals surface area contributed by atoms with Crippen LogP contribution in [0.4, 0.5) is 13.2 Å². The van der Waals surface area contributed by atoms with Gasteiger partial charge in [-0.3, -0.25) is 4.79 Å². The maximum Gasteiger partial charge on any atom is 0.236 e. The van der Waals surface area contributed by atoms with E-state index in [0.29, 0.717) is 6.07 Å². The quantitative estimate of drug-likeness (QED) is 0.812. The third-order valence-corrected chi connectivity index (χ3v) is 2.18. The number of likely N-dealkylation sites (N-methyl/N-ethyl adjacent to an activating group) is 1. The van der Waals surface area contributed by atoms with Gasteiger partial charge in [-0.05, 0) is 6.07 Å². The highest BCUT2D eigenvalue weighted by atomic mass is 19.2. The molecule has 0 aliphatic carbocycles. The first-order valence-electron chi connectivity index (χ1n) is 4.96. The summed E-state index contributed by atoms with van der Waals surface area (Å²) < 4.78 is 38.6. The average molecular weight is 246 g/mol. The smallest absolute Gasteiger partial charge is 0.236 e. The predicted molar refractivity (Wildman–Crippen MR) is 56.7 cm³/mol. The van der Waals surface area contributed by atoms with Crippen LogP contribution in [0.2, 0.25) is 0 Å². The Morgan fingerprint density at radius 1 is 1.18 bits per heavy atom. The summed E-state index contributed by atoms with van der Waals surface area (Å²) in [6.45, 7) is -0.0337. The fourth-order valence-corrected chi connectivity index (χ4v) is 1.16. The molecule has 6 heteroatoms. The second kappa shape index (κ2) is 5.67. The monoisotopic (exact) mass is 246 g/mol. The molecule has 1 N–H and O–H groups in total. The molecular weight excluding hydrogens is 233 g/mol. The zero-order valence-electron chi connectivity index (χ0n) is 9.56. The molecule has 0 spiro atoms.